The van der Waals surface area contributed by atoms with Crippen molar-refractivity contribution in [3.63, 3.8) is 0 Å². The van der Waals surface area contributed by atoms with E-state index in [2.05, 4.69) is 21.2 Å². The van der Waals surface area contributed by atoms with Gasteiger partial charge in [0.2, 0.25) is 0 Å². The van der Waals surface area contributed by atoms with Crippen LogP contribution in [-0.2, 0) is 6.42 Å². The smallest absolute Gasteiger partial charge is 0.337 e. The average molecular weight is 242 g/mol. The molecule has 1 aromatic rings. The summed E-state index contributed by atoms with van der Waals surface area (Å²) in [5.74, 6) is -0.882. The van der Waals surface area contributed by atoms with Gasteiger partial charge in [-0.3, -0.25) is 0 Å². The van der Waals surface area contributed by atoms with Gasteiger partial charge in [0.1, 0.15) is 0 Å². The molecule has 0 aromatic heterocycles. The number of nitrogens with one attached hydrogen (secondary N) is 1. The van der Waals surface area contributed by atoms with Gasteiger partial charge >= 0.3 is 5.97 Å². The molecule has 13 heavy (non-hydrogen) atoms. The molecule has 0 radical (unpaired) electrons. The minimum Gasteiger partial charge on any atom is -0.478 e. The van der Waals surface area contributed by atoms with E-state index in [1.807, 2.05) is 6.07 Å². The summed E-state index contributed by atoms with van der Waals surface area (Å²) in [7, 11) is 0. The topological polar surface area (TPSA) is 49.3 Å². The fourth-order valence-corrected chi connectivity index (χ4v) is 2.07. The Morgan fingerprint density at radius 1 is 1.54 bits per heavy atom. The van der Waals surface area contributed by atoms with Crippen LogP contribution in [0.1, 0.15) is 15.9 Å². The number of fused-ring (bicyclic) bond motifs is 1. The number of carboxylic acid groups (broad SMARTS) is 1. The standard InChI is InChI=1S/C9H8BrNO2/c10-6-3-5-1-2-11-8(5)7(4-6)9(12)13/h3-4,11H,1-2H2,(H,12,13). The van der Waals surface area contributed by atoms with Crippen LogP contribution in [0.2, 0.25) is 0 Å². The van der Waals surface area contributed by atoms with Crippen LogP contribution in [0.25, 0.3) is 0 Å². The highest BCUT2D eigenvalue weighted by atomic mass is 79.9. The van der Waals surface area contributed by atoms with Gasteiger partial charge in [-0.05, 0) is 24.1 Å². The molecule has 0 fully saturated rings. The Hall–Kier alpha value is -1.03. The summed E-state index contributed by atoms with van der Waals surface area (Å²) in [5.41, 5.74) is 2.20. The number of anilines is 1. The third-order valence-electron chi connectivity index (χ3n) is 2.11. The van der Waals surface area contributed by atoms with Crippen molar-refractivity contribution in [1.29, 1.82) is 0 Å². The second-order valence-electron chi connectivity index (χ2n) is 2.97. The number of hydrogen-bond donors (Lipinski definition) is 2. The van der Waals surface area contributed by atoms with E-state index in [1.165, 1.54) is 0 Å². The zero-order valence-electron chi connectivity index (χ0n) is 6.80. The Labute approximate surface area is 83.9 Å². The van der Waals surface area contributed by atoms with Crippen molar-refractivity contribution < 1.29 is 9.90 Å². The van der Waals surface area contributed by atoms with Crippen LogP contribution in [0.5, 0.6) is 0 Å². The van der Waals surface area contributed by atoms with Gasteiger partial charge < -0.3 is 10.4 Å². The predicted octanol–water partition coefficient (Wildman–Crippen LogP) is 2.12. The molecule has 0 saturated carbocycles. The van der Waals surface area contributed by atoms with E-state index in [-0.39, 0.29) is 0 Å². The van der Waals surface area contributed by atoms with Crippen LogP contribution >= 0.6 is 15.9 Å². The summed E-state index contributed by atoms with van der Waals surface area (Å²) < 4.78 is 0.826. The summed E-state index contributed by atoms with van der Waals surface area (Å²) in [6.45, 7) is 0.825. The number of hydrogen-bond acceptors (Lipinski definition) is 2. The van der Waals surface area contributed by atoms with E-state index < -0.39 is 5.97 Å². The van der Waals surface area contributed by atoms with Gasteiger partial charge in [-0.2, -0.15) is 0 Å². The molecular formula is C9H8BrNO2. The highest BCUT2D eigenvalue weighted by Crippen LogP contribution is 2.30. The molecule has 3 nitrogen and oxygen atoms in total. The third-order valence-corrected chi connectivity index (χ3v) is 2.57. The van der Waals surface area contributed by atoms with Crippen molar-refractivity contribution in [3.05, 3.63) is 27.7 Å². The molecule has 0 amide bonds. The van der Waals surface area contributed by atoms with Gasteiger partial charge in [0.05, 0.1) is 11.3 Å². The lowest BCUT2D eigenvalue weighted by Gasteiger charge is -2.05. The normalized spacial score (nSPS) is 13.6. The predicted molar refractivity (Wildman–Crippen MR) is 53.3 cm³/mol. The number of rotatable bonds is 1. The number of carboxylic acids is 1. The monoisotopic (exact) mass is 241 g/mol. The molecule has 2 rings (SSSR count). The van der Waals surface area contributed by atoms with E-state index in [9.17, 15) is 4.79 Å². The van der Waals surface area contributed by atoms with Crippen LogP contribution in [0.4, 0.5) is 5.69 Å². The molecule has 0 bridgehead atoms. The minimum atomic E-state index is -0.882. The molecule has 1 aliphatic rings. The van der Waals surface area contributed by atoms with Crippen LogP contribution in [0.15, 0.2) is 16.6 Å². The number of halogens is 1. The van der Waals surface area contributed by atoms with Crippen molar-refractivity contribution in [1.82, 2.24) is 0 Å². The van der Waals surface area contributed by atoms with Gasteiger partial charge in [0, 0.05) is 11.0 Å². The average Bonchev–Trinajstić information content (AvgIpc) is 2.49. The highest BCUT2D eigenvalue weighted by molar-refractivity contribution is 9.10. The second kappa shape index (κ2) is 3.03. The number of benzene rings is 1. The minimum absolute atomic E-state index is 0.349. The molecule has 68 valence electrons. The van der Waals surface area contributed by atoms with Gasteiger partial charge in [-0.1, -0.05) is 15.9 Å². The Morgan fingerprint density at radius 3 is 3.00 bits per heavy atom. The molecule has 0 atom stereocenters. The van der Waals surface area contributed by atoms with Crippen LogP contribution in [-0.4, -0.2) is 17.6 Å². The summed E-state index contributed by atoms with van der Waals surface area (Å²) in [4.78, 5) is 10.9. The molecule has 2 N–H and O–H groups in total. The van der Waals surface area contributed by atoms with E-state index in [0.29, 0.717) is 5.56 Å². The first-order chi connectivity index (χ1) is 6.18. The van der Waals surface area contributed by atoms with Gasteiger partial charge in [0.25, 0.3) is 0 Å². The quantitative estimate of drug-likeness (QED) is 0.792. The molecule has 0 saturated heterocycles. The third kappa shape index (κ3) is 1.42. The molecule has 1 aliphatic heterocycles. The van der Waals surface area contributed by atoms with Crippen molar-refractivity contribution in [2.45, 2.75) is 6.42 Å². The van der Waals surface area contributed by atoms with Gasteiger partial charge in [0.15, 0.2) is 0 Å². The lowest BCUT2D eigenvalue weighted by Crippen LogP contribution is -2.02. The van der Waals surface area contributed by atoms with Gasteiger partial charge in [-0.25, -0.2) is 4.79 Å². The fourth-order valence-electron chi connectivity index (χ4n) is 1.56. The first-order valence-electron chi connectivity index (χ1n) is 3.98. The van der Waals surface area contributed by atoms with E-state index >= 15 is 0 Å². The molecule has 1 aromatic carbocycles. The zero-order chi connectivity index (χ0) is 9.42. The first-order valence-corrected chi connectivity index (χ1v) is 4.77. The molecular weight excluding hydrogens is 234 g/mol. The van der Waals surface area contributed by atoms with Crippen molar-refractivity contribution in [2.24, 2.45) is 0 Å². The molecule has 1 heterocycles. The number of carbonyl (C=O) groups is 1. The summed E-state index contributed by atoms with van der Waals surface area (Å²) >= 11 is 3.29. The summed E-state index contributed by atoms with van der Waals surface area (Å²) in [6, 6.07) is 3.58. The fraction of sp³-hybridized carbons (Fsp3) is 0.222. The molecule has 0 aliphatic carbocycles. The largest absolute Gasteiger partial charge is 0.478 e. The molecule has 0 unspecified atom stereocenters. The van der Waals surface area contributed by atoms with Gasteiger partial charge in [-0.15, -0.1) is 0 Å². The summed E-state index contributed by atoms with van der Waals surface area (Å²) in [6.07, 6.45) is 0.898. The van der Waals surface area contributed by atoms with Crippen LogP contribution in [0, 0.1) is 0 Å². The van der Waals surface area contributed by atoms with Crippen LogP contribution < -0.4 is 5.32 Å². The van der Waals surface area contributed by atoms with Crippen molar-refractivity contribution in [3.8, 4) is 0 Å². The van der Waals surface area contributed by atoms with Crippen molar-refractivity contribution in [2.75, 3.05) is 11.9 Å². The highest BCUT2D eigenvalue weighted by Gasteiger charge is 2.18. The van der Waals surface area contributed by atoms with Crippen LogP contribution in [0.3, 0.4) is 0 Å². The maximum atomic E-state index is 10.9. The Bertz CT molecular complexity index is 376. The summed E-state index contributed by atoms with van der Waals surface area (Å²) in [5, 5.41) is 12.0. The number of aromatic carboxylic acids is 1. The Balaban J connectivity index is 2.62. The van der Waals surface area contributed by atoms with E-state index in [4.69, 9.17) is 5.11 Å². The lowest BCUT2D eigenvalue weighted by molar-refractivity contribution is 0.0698. The van der Waals surface area contributed by atoms with E-state index in [1.54, 1.807) is 6.07 Å². The lowest BCUT2D eigenvalue weighted by atomic mass is 10.1. The molecule has 0 spiro atoms. The first kappa shape index (κ1) is 8.56. The van der Waals surface area contributed by atoms with Crippen molar-refractivity contribution >= 4 is 27.6 Å². The second-order valence-corrected chi connectivity index (χ2v) is 3.89. The zero-order valence-corrected chi connectivity index (χ0v) is 8.39. The molecule has 4 heteroatoms. The van der Waals surface area contributed by atoms with E-state index in [0.717, 1.165) is 28.7 Å². The maximum absolute atomic E-state index is 10.9. The SMILES string of the molecule is O=C(O)c1cc(Br)cc2c1NCC2. The Kier molecular flexibility index (Phi) is 2.00. The Morgan fingerprint density at radius 2 is 2.31 bits per heavy atom. The maximum Gasteiger partial charge on any atom is 0.337 e.